The average molecular weight is 267 g/mol. The molecular formula is C15H29N3O. The molecule has 19 heavy (non-hydrogen) atoms. The van der Waals surface area contributed by atoms with Crippen molar-refractivity contribution in [2.75, 3.05) is 0 Å². The van der Waals surface area contributed by atoms with E-state index >= 15 is 0 Å². The third-order valence-corrected chi connectivity index (χ3v) is 3.61. The molecule has 0 aliphatic carbocycles. The summed E-state index contributed by atoms with van der Waals surface area (Å²) in [5.74, 6) is 0. The van der Waals surface area contributed by atoms with Gasteiger partial charge in [-0.25, -0.2) is 0 Å². The Labute approximate surface area is 117 Å². The predicted molar refractivity (Wildman–Crippen MR) is 77.8 cm³/mol. The molecular weight excluding hydrogens is 238 g/mol. The minimum absolute atomic E-state index is 0.451. The molecule has 1 unspecified atom stereocenters. The Morgan fingerprint density at radius 1 is 1.00 bits per heavy atom. The molecule has 0 saturated carbocycles. The normalized spacial score (nSPS) is 12.7. The van der Waals surface area contributed by atoms with Crippen LogP contribution in [0.4, 0.5) is 0 Å². The summed E-state index contributed by atoms with van der Waals surface area (Å²) in [5.41, 5.74) is 0.663. The van der Waals surface area contributed by atoms with Crippen LogP contribution in [-0.2, 0) is 0 Å². The van der Waals surface area contributed by atoms with Gasteiger partial charge < -0.3 is 5.11 Å². The lowest BCUT2D eigenvalue weighted by Crippen LogP contribution is -1.97. The highest BCUT2D eigenvalue weighted by molar-refractivity contribution is 4.95. The molecule has 1 aromatic rings. The standard InChI is InChI=1S/C15H29N3O/c1-2-3-4-5-6-7-8-9-10-11-12-15(19)14-13-16-18-17-14/h13,15,19H,2-12H2,1H3,(H,16,17,18). The number of rotatable bonds is 12. The summed E-state index contributed by atoms with van der Waals surface area (Å²) >= 11 is 0. The van der Waals surface area contributed by atoms with E-state index in [9.17, 15) is 5.11 Å². The van der Waals surface area contributed by atoms with Crippen molar-refractivity contribution in [3.05, 3.63) is 11.9 Å². The average Bonchev–Trinajstić information content (AvgIpc) is 2.95. The predicted octanol–water partition coefficient (Wildman–Crippen LogP) is 4.15. The second-order valence-corrected chi connectivity index (χ2v) is 5.38. The van der Waals surface area contributed by atoms with Gasteiger partial charge >= 0.3 is 0 Å². The van der Waals surface area contributed by atoms with Gasteiger partial charge in [0.1, 0.15) is 5.69 Å². The number of aromatic nitrogens is 3. The molecule has 4 nitrogen and oxygen atoms in total. The van der Waals surface area contributed by atoms with Crippen molar-refractivity contribution in [1.82, 2.24) is 15.4 Å². The molecule has 0 aliphatic rings. The van der Waals surface area contributed by atoms with Crippen LogP contribution in [0.5, 0.6) is 0 Å². The van der Waals surface area contributed by atoms with Crippen LogP contribution in [0.3, 0.4) is 0 Å². The fraction of sp³-hybridized carbons (Fsp3) is 0.867. The molecule has 110 valence electrons. The van der Waals surface area contributed by atoms with Crippen LogP contribution in [0.15, 0.2) is 6.20 Å². The first-order valence-corrected chi connectivity index (χ1v) is 7.88. The fourth-order valence-electron chi connectivity index (χ4n) is 2.34. The number of aliphatic hydroxyl groups is 1. The van der Waals surface area contributed by atoms with Gasteiger partial charge in [0.05, 0.1) is 12.3 Å². The summed E-state index contributed by atoms with van der Waals surface area (Å²) in [4.78, 5) is 0. The number of hydrogen-bond acceptors (Lipinski definition) is 3. The van der Waals surface area contributed by atoms with E-state index in [1.807, 2.05) is 0 Å². The first kappa shape index (κ1) is 16.2. The Balaban J connectivity index is 1.83. The molecule has 0 saturated heterocycles. The minimum atomic E-state index is -0.451. The second-order valence-electron chi connectivity index (χ2n) is 5.38. The molecule has 0 bridgehead atoms. The van der Waals surface area contributed by atoms with Crippen molar-refractivity contribution in [3.8, 4) is 0 Å². The second kappa shape index (κ2) is 11.0. The molecule has 2 N–H and O–H groups in total. The number of H-pyrrole nitrogens is 1. The van der Waals surface area contributed by atoms with Gasteiger partial charge in [-0.05, 0) is 6.42 Å². The van der Waals surface area contributed by atoms with Gasteiger partial charge in [-0.1, -0.05) is 71.1 Å². The van der Waals surface area contributed by atoms with Crippen molar-refractivity contribution in [1.29, 1.82) is 0 Å². The highest BCUT2D eigenvalue weighted by Crippen LogP contribution is 2.17. The molecule has 1 aromatic heterocycles. The van der Waals surface area contributed by atoms with Crippen LogP contribution in [0.1, 0.15) is 89.4 Å². The summed E-state index contributed by atoms with van der Waals surface area (Å²) < 4.78 is 0. The SMILES string of the molecule is CCCCCCCCCCCCC(O)c1cn[nH]n1. The number of aromatic amines is 1. The number of hydrogen-bond donors (Lipinski definition) is 2. The van der Waals surface area contributed by atoms with Crippen LogP contribution in [0.2, 0.25) is 0 Å². The van der Waals surface area contributed by atoms with Crippen molar-refractivity contribution in [2.45, 2.75) is 83.7 Å². The van der Waals surface area contributed by atoms with Crippen LogP contribution >= 0.6 is 0 Å². The van der Waals surface area contributed by atoms with E-state index in [0.29, 0.717) is 5.69 Å². The summed E-state index contributed by atoms with van der Waals surface area (Å²) in [6.45, 7) is 2.26. The lowest BCUT2D eigenvalue weighted by molar-refractivity contribution is 0.158. The van der Waals surface area contributed by atoms with Gasteiger partial charge in [-0.2, -0.15) is 15.4 Å². The summed E-state index contributed by atoms with van der Waals surface area (Å²) in [7, 11) is 0. The molecule has 4 heteroatoms. The Bertz CT molecular complexity index is 288. The molecule has 0 fully saturated rings. The van der Waals surface area contributed by atoms with E-state index in [2.05, 4.69) is 22.3 Å². The first-order valence-electron chi connectivity index (χ1n) is 7.88. The van der Waals surface area contributed by atoms with Gasteiger partial charge in [-0.3, -0.25) is 0 Å². The van der Waals surface area contributed by atoms with Crippen molar-refractivity contribution in [3.63, 3.8) is 0 Å². The zero-order chi connectivity index (χ0) is 13.8. The summed E-state index contributed by atoms with van der Waals surface area (Å²) in [5, 5.41) is 19.9. The van der Waals surface area contributed by atoms with Crippen LogP contribution < -0.4 is 0 Å². The summed E-state index contributed by atoms with van der Waals surface area (Å²) in [6.07, 6.45) is 15.1. The van der Waals surface area contributed by atoms with E-state index in [0.717, 1.165) is 12.8 Å². The van der Waals surface area contributed by atoms with Gasteiger partial charge in [0.2, 0.25) is 0 Å². The van der Waals surface area contributed by atoms with Crippen molar-refractivity contribution in [2.24, 2.45) is 0 Å². The Kier molecular flexibility index (Phi) is 9.33. The largest absolute Gasteiger partial charge is 0.387 e. The maximum absolute atomic E-state index is 9.81. The smallest absolute Gasteiger partial charge is 0.111 e. The van der Waals surface area contributed by atoms with Gasteiger partial charge in [-0.15, -0.1) is 0 Å². The molecule has 1 atom stereocenters. The zero-order valence-electron chi connectivity index (χ0n) is 12.3. The number of nitrogens with one attached hydrogen (secondary N) is 1. The van der Waals surface area contributed by atoms with Crippen LogP contribution in [0.25, 0.3) is 0 Å². The lowest BCUT2D eigenvalue weighted by atomic mass is 10.0. The first-order chi connectivity index (χ1) is 9.34. The fourth-order valence-corrected chi connectivity index (χ4v) is 2.34. The third-order valence-electron chi connectivity index (χ3n) is 3.61. The molecule has 1 heterocycles. The monoisotopic (exact) mass is 267 g/mol. The maximum Gasteiger partial charge on any atom is 0.111 e. The lowest BCUT2D eigenvalue weighted by Gasteiger charge is -2.06. The summed E-state index contributed by atoms with van der Waals surface area (Å²) in [6, 6.07) is 0. The third kappa shape index (κ3) is 7.98. The quantitative estimate of drug-likeness (QED) is 0.559. The molecule has 1 rings (SSSR count). The Hall–Kier alpha value is -0.900. The number of nitrogens with zero attached hydrogens (tertiary/aromatic N) is 2. The van der Waals surface area contributed by atoms with E-state index < -0.39 is 6.10 Å². The molecule has 0 aliphatic heterocycles. The molecule has 0 radical (unpaired) electrons. The molecule has 0 aromatic carbocycles. The molecule has 0 amide bonds. The van der Waals surface area contributed by atoms with Gasteiger partial charge in [0.25, 0.3) is 0 Å². The van der Waals surface area contributed by atoms with Crippen molar-refractivity contribution < 1.29 is 5.11 Å². The van der Waals surface area contributed by atoms with Gasteiger partial charge in [0, 0.05) is 0 Å². The van der Waals surface area contributed by atoms with Crippen LogP contribution in [-0.4, -0.2) is 20.5 Å². The number of unbranched alkanes of at least 4 members (excludes halogenated alkanes) is 9. The van der Waals surface area contributed by atoms with Crippen LogP contribution in [0, 0.1) is 0 Å². The topological polar surface area (TPSA) is 61.8 Å². The van der Waals surface area contributed by atoms with E-state index in [-0.39, 0.29) is 0 Å². The molecule has 0 spiro atoms. The highest BCUT2D eigenvalue weighted by atomic mass is 16.3. The van der Waals surface area contributed by atoms with Gasteiger partial charge in [0.15, 0.2) is 0 Å². The number of aliphatic hydroxyl groups excluding tert-OH is 1. The Morgan fingerprint density at radius 3 is 2.11 bits per heavy atom. The van der Waals surface area contributed by atoms with E-state index in [4.69, 9.17) is 0 Å². The van der Waals surface area contributed by atoms with E-state index in [1.165, 1.54) is 57.8 Å². The minimum Gasteiger partial charge on any atom is -0.387 e. The zero-order valence-corrected chi connectivity index (χ0v) is 12.3. The highest BCUT2D eigenvalue weighted by Gasteiger charge is 2.09. The Morgan fingerprint density at radius 2 is 1.58 bits per heavy atom. The van der Waals surface area contributed by atoms with E-state index in [1.54, 1.807) is 6.20 Å². The maximum atomic E-state index is 9.81. The van der Waals surface area contributed by atoms with Crippen molar-refractivity contribution >= 4 is 0 Å².